The SMILES string of the molecule is COC(=O)C1N=CN(S(=O)(=O)c2ccc(C)cc2)C1c1ccc(Cl)cc1. The zero-order chi connectivity index (χ0) is 18.9. The van der Waals surface area contributed by atoms with E-state index < -0.39 is 28.1 Å². The van der Waals surface area contributed by atoms with Crippen LogP contribution in [-0.4, -0.2) is 38.2 Å². The number of esters is 1. The number of halogens is 1. The number of ether oxygens (including phenoxy) is 1. The monoisotopic (exact) mass is 392 g/mol. The average Bonchev–Trinajstić information content (AvgIpc) is 3.08. The van der Waals surface area contributed by atoms with Crippen molar-refractivity contribution in [3.05, 3.63) is 64.7 Å². The lowest BCUT2D eigenvalue weighted by Crippen LogP contribution is -2.37. The molecule has 0 aliphatic carbocycles. The molecule has 2 unspecified atom stereocenters. The molecule has 0 radical (unpaired) electrons. The first-order valence-corrected chi connectivity index (χ1v) is 9.63. The molecule has 2 aromatic rings. The maximum Gasteiger partial charge on any atom is 0.333 e. The number of benzene rings is 2. The van der Waals surface area contributed by atoms with Crippen LogP contribution in [0, 0.1) is 6.92 Å². The van der Waals surface area contributed by atoms with Crippen LogP contribution in [0.4, 0.5) is 0 Å². The number of aliphatic imine (C=N–C) groups is 1. The quantitative estimate of drug-likeness (QED) is 0.749. The van der Waals surface area contributed by atoms with Gasteiger partial charge in [0.1, 0.15) is 12.4 Å². The van der Waals surface area contributed by atoms with Crippen molar-refractivity contribution in [3.63, 3.8) is 0 Å². The van der Waals surface area contributed by atoms with Gasteiger partial charge in [0, 0.05) is 5.02 Å². The van der Waals surface area contributed by atoms with Gasteiger partial charge in [-0.3, -0.25) is 4.99 Å². The first-order valence-electron chi connectivity index (χ1n) is 7.81. The largest absolute Gasteiger partial charge is 0.467 e. The molecule has 6 nitrogen and oxygen atoms in total. The van der Waals surface area contributed by atoms with Gasteiger partial charge in [0.15, 0.2) is 6.04 Å². The van der Waals surface area contributed by atoms with Gasteiger partial charge >= 0.3 is 5.97 Å². The molecule has 26 heavy (non-hydrogen) atoms. The predicted octanol–water partition coefficient (Wildman–Crippen LogP) is 2.96. The van der Waals surface area contributed by atoms with Crippen molar-refractivity contribution in [2.75, 3.05) is 7.11 Å². The molecule has 3 rings (SSSR count). The third-order valence-electron chi connectivity index (χ3n) is 4.16. The third-order valence-corrected chi connectivity index (χ3v) is 6.16. The van der Waals surface area contributed by atoms with Gasteiger partial charge in [0.25, 0.3) is 10.0 Å². The van der Waals surface area contributed by atoms with E-state index in [1.807, 2.05) is 6.92 Å². The Morgan fingerprint density at radius 3 is 2.31 bits per heavy atom. The van der Waals surface area contributed by atoms with Crippen molar-refractivity contribution < 1.29 is 17.9 Å². The molecular weight excluding hydrogens is 376 g/mol. The Morgan fingerprint density at radius 2 is 1.73 bits per heavy atom. The highest BCUT2D eigenvalue weighted by Gasteiger charge is 2.43. The molecular formula is C18H17ClN2O4S. The highest BCUT2D eigenvalue weighted by molar-refractivity contribution is 7.89. The summed E-state index contributed by atoms with van der Waals surface area (Å²) < 4.78 is 32.1. The minimum Gasteiger partial charge on any atom is -0.467 e. The standard InChI is InChI=1S/C18H17ClN2O4S/c1-12-3-9-15(10-4-12)26(23,24)21-11-20-16(18(22)25-2)17(21)13-5-7-14(19)8-6-13/h3-11,16-17H,1-2H3. The summed E-state index contributed by atoms with van der Waals surface area (Å²) in [5, 5.41) is 0.509. The summed E-state index contributed by atoms with van der Waals surface area (Å²) in [6, 6.07) is 11.3. The molecule has 0 amide bonds. The van der Waals surface area contributed by atoms with Crippen LogP contribution in [0.2, 0.25) is 5.02 Å². The smallest absolute Gasteiger partial charge is 0.333 e. The number of hydrogen-bond acceptors (Lipinski definition) is 5. The highest BCUT2D eigenvalue weighted by Crippen LogP contribution is 2.35. The van der Waals surface area contributed by atoms with E-state index in [1.165, 1.54) is 25.6 Å². The molecule has 0 fully saturated rings. The van der Waals surface area contributed by atoms with Crippen LogP contribution in [0.15, 0.2) is 58.4 Å². The van der Waals surface area contributed by atoms with Crippen LogP contribution in [0.1, 0.15) is 17.2 Å². The summed E-state index contributed by atoms with van der Waals surface area (Å²) in [6.07, 6.45) is 1.18. The summed E-state index contributed by atoms with van der Waals surface area (Å²) in [5.74, 6) is -0.609. The highest BCUT2D eigenvalue weighted by atomic mass is 35.5. The zero-order valence-electron chi connectivity index (χ0n) is 14.2. The van der Waals surface area contributed by atoms with E-state index in [1.54, 1.807) is 36.4 Å². The first kappa shape index (κ1) is 18.4. The van der Waals surface area contributed by atoms with Crippen LogP contribution in [0.3, 0.4) is 0 Å². The Morgan fingerprint density at radius 1 is 1.12 bits per heavy atom. The molecule has 136 valence electrons. The van der Waals surface area contributed by atoms with Crippen LogP contribution in [0.5, 0.6) is 0 Å². The number of carbonyl (C=O) groups excluding carboxylic acids is 1. The van der Waals surface area contributed by atoms with Crippen molar-refractivity contribution in [1.82, 2.24) is 4.31 Å². The Balaban J connectivity index is 2.06. The second-order valence-corrected chi connectivity index (χ2v) is 8.16. The number of rotatable bonds is 4. The van der Waals surface area contributed by atoms with Crippen molar-refractivity contribution in [2.24, 2.45) is 4.99 Å². The van der Waals surface area contributed by atoms with Gasteiger partial charge < -0.3 is 4.74 Å². The molecule has 0 saturated heterocycles. The van der Waals surface area contributed by atoms with Gasteiger partial charge in [-0.25, -0.2) is 17.5 Å². The van der Waals surface area contributed by atoms with Gasteiger partial charge in [0.05, 0.1) is 12.0 Å². The van der Waals surface area contributed by atoms with Crippen LogP contribution >= 0.6 is 11.6 Å². The van der Waals surface area contributed by atoms with Crippen molar-refractivity contribution in [1.29, 1.82) is 0 Å². The lowest BCUT2D eigenvalue weighted by atomic mass is 10.0. The normalized spacial score (nSPS) is 19.6. The Kier molecular flexibility index (Phi) is 5.02. The first-order chi connectivity index (χ1) is 12.3. The van der Waals surface area contributed by atoms with Gasteiger partial charge in [-0.1, -0.05) is 41.4 Å². The molecule has 1 aliphatic rings. The van der Waals surface area contributed by atoms with Crippen molar-refractivity contribution >= 4 is 33.9 Å². The molecule has 0 spiro atoms. The molecule has 2 aromatic carbocycles. The maximum atomic E-state index is 13.1. The van der Waals surface area contributed by atoms with Crippen LogP contribution in [-0.2, 0) is 19.6 Å². The van der Waals surface area contributed by atoms with E-state index in [2.05, 4.69) is 4.99 Å². The van der Waals surface area contributed by atoms with Crippen LogP contribution in [0.25, 0.3) is 0 Å². The summed E-state index contributed by atoms with van der Waals surface area (Å²) in [4.78, 5) is 16.4. The number of sulfonamides is 1. The van der Waals surface area contributed by atoms with Crippen molar-refractivity contribution in [2.45, 2.75) is 23.9 Å². The van der Waals surface area contributed by atoms with E-state index in [-0.39, 0.29) is 4.90 Å². The van der Waals surface area contributed by atoms with E-state index in [0.29, 0.717) is 10.6 Å². The number of aryl methyl sites for hydroxylation is 1. The summed E-state index contributed by atoms with van der Waals surface area (Å²) in [5.41, 5.74) is 1.54. The fraction of sp³-hybridized carbons (Fsp3) is 0.222. The topological polar surface area (TPSA) is 76.0 Å². The average molecular weight is 393 g/mol. The molecule has 0 saturated carbocycles. The number of carbonyl (C=O) groups is 1. The molecule has 2 atom stereocenters. The second-order valence-electron chi connectivity index (χ2n) is 5.88. The van der Waals surface area contributed by atoms with Gasteiger partial charge in [-0.15, -0.1) is 0 Å². The lowest BCUT2D eigenvalue weighted by Gasteiger charge is -2.27. The Hall–Kier alpha value is -2.38. The Labute approximate surface area is 157 Å². The number of nitrogens with zero attached hydrogens (tertiary/aromatic N) is 2. The minimum atomic E-state index is -3.89. The van der Waals surface area contributed by atoms with Crippen LogP contribution < -0.4 is 0 Å². The van der Waals surface area contributed by atoms with Gasteiger partial charge in [-0.2, -0.15) is 0 Å². The van der Waals surface area contributed by atoms with E-state index in [4.69, 9.17) is 16.3 Å². The maximum absolute atomic E-state index is 13.1. The Bertz CT molecular complexity index is 940. The summed E-state index contributed by atoms with van der Waals surface area (Å²) in [7, 11) is -2.65. The van der Waals surface area contributed by atoms with E-state index in [0.717, 1.165) is 9.87 Å². The van der Waals surface area contributed by atoms with E-state index in [9.17, 15) is 13.2 Å². The minimum absolute atomic E-state index is 0.124. The molecule has 0 aromatic heterocycles. The summed E-state index contributed by atoms with van der Waals surface area (Å²) in [6.45, 7) is 1.87. The lowest BCUT2D eigenvalue weighted by molar-refractivity contribution is -0.142. The molecule has 1 heterocycles. The third kappa shape index (κ3) is 3.32. The predicted molar refractivity (Wildman–Crippen MR) is 98.7 cm³/mol. The van der Waals surface area contributed by atoms with Crippen molar-refractivity contribution in [3.8, 4) is 0 Å². The number of methoxy groups -OCH3 is 1. The molecule has 1 aliphatic heterocycles. The summed E-state index contributed by atoms with van der Waals surface area (Å²) >= 11 is 5.93. The molecule has 8 heteroatoms. The number of hydrogen-bond donors (Lipinski definition) is 0. The fourth-order valence-corrected chi connectivity index (χ4v) is 4.34. The zero-order valence-corrected chi connectivity index (χ0v) is 15.7. The molecule has 0 N–H and O–H groups in total. The van der Waals surface area contributed by atoms with Gasteiger partial charge in [0.2, 0.25) is 0 Å². The second kappa shape index (κ2) is 7.09. The fourth-order valence-electron chi connectivity index (χ4n) is 2.77. The van der Waals surface area contributed by atoms with Gasteiger partial charge in [-0.05, 0) is 36.8 Å². The molecule has 0 bridgehead atoms. The van der Waals surface area contributed by atoms with E-state index >= 15 is 0 Å².